The van der Waals surface area contributed by atoms with Gasteiger partial charge in [-0.3, -0.25) is 4.68 Å². The molecule has 22 heavy (non-hydrogen) atoms. The first-order valence-corrected chi connectivity index (χ1v) is 8.74. The summed E-state index contributed by atoms with van der Waals surface area (Å²) in [5.41, 5.74) is 3.09. The molecule has 0 atom stereocenters. The summed E-state index contributed by atoms with van der Waals surface area (Å²) < 4.78 is 28.8. The minimum atomic E-state index is -3.46. The average Bonchev–Trinajstić information content (AvgIpc) is 3.01. The number of rotatable bonds is 2. The summed E-state index contributed by atoms with van der Waals surface area (Å²) in [7, 11) is -1.62. The molecule has 1 aromatic heterocycles. The van der Waals surface area contributed by atoms with E-state index >= 15 is 0 Å². The van der Waals surface area contributed by atoms with Gasteiger partial charge >= 0.3 is 0 Å². The van der Waals surface area contributed by atoms with Crippen molar-refractivity contribution in [2.45, 2.75) is 44.2 Å². The molecule has 5 nitrogen and oxygen atoms in total. The predicted octanol–water partition coefficient (Wildman–Crippen LogP) is 2.42. The maximum absolute atomic E-state index is 12.8. The number of sulfonamides is 1. The molecule has 0 radical (unpaired) electrons. The van der Waals surface area contributed by atoms with Gasteiger partial charge in [0.1, 0.15) is 0 Å². The lowest BCUT2D eigenvalue weighted by Crippen LogP contribution is -2.26. The van der Waals surface area contributed by atoms with Gasteiger partial charge in [0.05, 0.1) is 23.3 Å². The fourth-order valence-electron chi connectivity index (χ4n) is 2.70. The molecule has 1 aliphatic rings. The normalized spacial score (nSPS) is 16.0. The van der Waals surface area contributed by atoms with E-state index in [-0.39, 0.29) is 5.41 Å². The Morgan fingerprint density at radius 3 is 2.27 bits per heavy atom. The lowest BCUT2D eigenvalue weighted by atomic mass is 9.87. The van der Waals surface area contributed by atoms with Gasteiger partial charge in [0.15, 0.2) is 0 Å². The van der Waals surface area contributed by atoms with Gasteiger partial charge in [0.2, 0.25) is 10.0 Å². The molecule has 0 N–H and O–H groups in total. The van der Waals surface area contributed by atoms with Crippen LogP contribution in [0.3, 0.4) is 0 Å². The third-order valence-electron chi connectivity index (χ3n) is 4.18. The zero-order valence-electron chi connectivity index (χ0n) is 13.4. The molecule has 1 aliphatic heterocycles. The number of hydrogen-bond donors (Lipinski definition) is 0. The van der Waals surface area contributed by atoms with Crippen molar-refractivity contribution in [1.82, 2.24) is 14.1 Å². The smallest absolute Gasteiger partial charge is 0.243 e. The van der Waals surface area contributed by atoms with Crippen molar-refractivity contribution >= 4 is 10.0 Å². The molecular formula is C16H21N3O2S. The maximum atomic E-state index is 12.8. The maximum Gasteiger partial charge on any atom is 0.243 e. The van der Waals surface area contributed by atoms with E-state index < -0.39 is 10.0 Å². The lowest BCUT2D eigenvalue weighted by molar-refractivity contribution is 0.421. The summed E-state index contributed by atoms with van der Waals surface area (Å²) in [6.45, 7) is 7.11. The van der Waals surface area contributed by atoms with Crippen molar-refractivity contribution in [1.29, 1.82) is 0 Å². The van der Waals surface area contributed by atoms with E-state index in [0.717, 1.165) is 16.8 Å². The molecule has 0 aliphatic carbocycles. The highest BCUT2D eigenvalue weighted by Crippen LogP contribution is 2.29. The van der Waals surface area contributed by atoms with E-state index in [1.165, 1.54) is 4.31 Å². The second-order valence-corrected chi connectivity index (χ2v) is 8.73. The van der Waals surface area contributed by atoms with Gasteiger partial charge in [0.25, 0.3) is 0 Å². The molecule has 0 spiro atoms. The molecule has 0 amide bonds. The van der Waals surface area contributed by atoms with Crippen LogP contribution in [-0.2, 0) is 35.6 Å². The molecule has 0 saturated carbocycles. The first-order valence-electron chi connectivity index (χ1n) is 7.30. The molecule has 2 aromatic rings. The first-order chi connectivity index (χ1) is 10.2. The monoisotopic (exact) mass is 319 g/mol. The van der Waals surface area contributed by atoms with Crippen molar-refractivity contribution in [3.8, 4) is 0 Å². The summed E-state index contributed by atoms with van der Waals surface area (Å²) in [5, 5.41) is 4.16. The third-order valence-corrected chi connectivity index (χ3v) is 5.98. The number of aryl methyl sites for hydroxylation is 1. The summed E-state index contributed by atoms with van der Waals surface area (Å²) in [4.78, 5) is 0.348. The second kappa shape index (κ2) is 4.93. The van der Waals surface area contributed by atoms with Gasteiger partial charge in [-0.15, -0.1) is 0 Å². The zero-order chi connectivity index (χ0) is 16.1. The zero-order valence-corrected chi connectivity index (χ0v) is 14.2. The Balaban J connectivity index is 1.88. The Morgan fingerprint density at radius 1 is 1.09 bits per heavy atom. The Kier molecular flexibility index (Phi) is 3.41. The van der Waals surface area contributed by atoms with E-state index in [2.05, 4.69) is 25.9 Å². The Morgan fingerprint density at radius 2 is 1.73 bits per heavy atom. The fraction of sp³-hybridized carbons (Fsp3) is 0.438. The summed E-state index contributed by atoms with van der Waals surface area (Å²) >= 11 is 0. The van der Waals surface area contributed by atoms with Crippen molar-refractivity contribution in [2.24, 2.45) is 7.05 Å². The van der Waals surface area contributed by atoms with Crippen LogP contribution in [0.5, 0.6) is 0 Å². The van der Waals surface area contributed by atoms with E-state index in [9.17, 15) is 8.42 Å². The van der Waals surface area contributed by atoms with Gasteiger partial charge in [0, 0.05) is 19.2 Å². The summed E-state index contributed by atoms with van der Waals surface area (Å²) in [6, 6.07) is 7.21. The highest BCUT2D eigenvalue weighted by atomic mass is 32.2. The van der Waals surface area contributed by atoms with E-state index in [1.807, 2.05) is 19.2 Å². The van der Waals surface area contributed by atoms with Crippen LogP contribution in [0, 0.1) is 0 Å². The minimum absolute atomic E-state index is 0.0117. The van der Waals surface area contributed by atoms with Crippen molar-refractivity contribution < 1.29 is 8.42 Å². The molecule has 0 saturated heterocycles. The molecule has 6 heteroatoms. The third kappa shape index (κ3) is 2.46. The van der Waals surface area contributed by atoms with Gasteiger partial charge in [-0.05, 0) is 23.1 Å². The van der Waals surface area contributed by atoms with Gasteiger partial charge in [-0.1, -0.05) is 32.9 Å². The van der Waals surface area contributed by atoms with Crippen LogP contribution in [0.25, 0.3) is 0 Å². The van der Waals surface area contributed by atoms with Gasteiger partial charge in [-0.25, -0.2) is 8.42 Å². The highest BCUT2D eigenvalue weighted by Gasteiger charge is 2.32. The summed E-state index contributed by atoms with van der Waals surface area (Å²) in [6.07, 6.45) is 1.74. The molecule has 2 heterocycles. The number of aromatic nitrogens is 2. The van der Waals surface area contributed by atoms with Crippen molar-refractivity contribution in [3.05, 3.63) is 47.3 Å². The molecule has 0 unspecified atom stereocenters. The molecule has 0 bridgehead atoms. The average molecular weight is 319 g/mol. The molecule has 118 valence electrons. The summed E-state index contributed by atoms with van der Waals surface area (Å²) in [5.74, 6) is 0. The van der Waals surface area contributed by atoms with Crippen LogP contribution in [0.4, 0.5) is 0 Å². The van der Waals surface area contributed by atoms with Crippen molar-refractivity contribution in [2.75, 3.05) is 0 Å². The number of nitrogens with zero attached hydrogens (tertiary/aromatic N) is 3. The Bertz CT molecular complexity index is 799. The predicted molar refractivity (Wildman–Crippen MR) is 84.8 cm³/mol. The van der Waals surface area contributed by atoms with Crippen LogP contribution < -0.4 is 0 Å². The highest BCUT2D eigenvalue weighted by molar-refractivity contribution is 7.89. The van der Waals surface area contributed by atoms with Crippen LogP contribution in [0.1, 0.15) is 37.6 Å². The minimum Gasteiger partial charge on any atom is -0.271 e. The molecule has 3 rings (SSSR count). The topological polar surface area (TPSA) is 55.2 Å². The van der Waals surface area contributed by atoms with Gasteiger partial charge < -0.3 is 0 Å². The largest absolute Gasteiger partial charge is 0.271 e. The second-order valence-electron chi connectivity index (χ2n) is 6.79. The quantitative estimate of drug-likeness (QED) is 0.854. The molecule has 0 fully saturated rings. The fourth-order valence-corrected chi connectivity index (χ4v) is 4.08. The van der Waals surface area contributed by atoms with Crippen LogP contribution in [0.15, 0.2) is 35.4 Å². The number of fused-ring (bicyclic) bond motifs is 1. The molecule has 1 aromatic carbocycles. The van der Waals surface area contributed by atoms with Gasteiger partial charge in [-0.2, -0.15) is 9.40 Å². The van der Waals surface area contributed by atoms with E-state index in [0.29, 0.717) is 18.0 Å². The molecular weight excluding hydrogens is 298 g/mol. The number of benzene rings is 1. The Labute approximate surface area is 131 Å². The number of hydrogen-bond acceptors (Lipinski definition) is 3. The lowest BCUT2D eigenvalue weighted by Gasteiger charge is -2.20. The first kappa shape index (κ1) is 15.2. The SMILES string of the molecule is Cn1ncc2c1CN(S(=O)(=O)c1ccc(C(C)(C)C)cc1)C2. The standard InChI is InChI=1S/C16H21N3O2S/c1-16(2,3)13-5-7-14(8-6-13)22(20,21)19-10-12-9-17-18(4)15(12)11-19/h5-9H,10-11H2,1-4H3. The van der Waals surface area contributed by atoms with Crippen LogP contribution in [-0.4, -0.2) is 22.5 Å². The van der Waals surface area contributed by atoms with E-state index in [4.69, 9.17) is 0 Å². The Hall–Kier alpha value is -1.66. The van der Waals surface area contributed by atoms with Crippen LogP contribution >= 0.6 is 0 Å². The van der Waals surface area contributed by atoms with Crippen LogP contribution in [0.2, 0.25) is 0 Å². The van der Waals surface area contributed by atoms with E-state index in [1.54, 1.807) is 23.0 Å². The van der Waals surface area contributed by atoms with Crippen molar-refractivity contribution in [3.63, 3.8) is 0 Å².